The summed E-state index contributed by atoms with van der Waals surface area (Å²) in [6.07, 6.45) is 6.55. The number of likely N-dealkylation sites (N-methyl/N-ethyl adjacent to an activating group) is 1. The first-order chi connectivity index (χ1) is 13.4. The molecule has 1 aliphatic heterocycles. The van der Waals surface area contributed by atoms with Crippen molar-refractivity contribution in [2.24, 2.45) is 11.8 Å². The monoisotopic (exact) mass is 379 g/mol. The average Bonchev–Trinajstić information content (AvgIpc) is 3.10. The fourth-order valence-corrected chi connectivity index (χ4v) is 4.84. The fourth-order valence-electron chi connectivity index (χ4n) is 4.84. The van der Waals surface area contributed by atoms with Crippen molar-refractivity contribution >= 4 is 22.4 Å². The molecule has 0 radical (unpaired) electrons. The van der Waals surface area contributed by atoms with Crippen molar-refractivity contribution in [2.75, 3.05) is 20.1 Å². The number of fused-ring (bicyclic) bond motifs is 2. The van der Waals surface area contributed by atoms with Crippen LogP contribution in [0.25, 0.3) is 16.5 Å². The van der Waals surface area contributed by atoms with Crippen molar-refractivity contribution in [1.29, 1.82) is 0 Å². The molecule has 0 saturated heterocycles. The minimum absolute atomic E-state index is 0.0709. The number of nitrogens with zero attached hydrogens (tertiary/aromatic N) is 2. The number of H-pyrrole nitrogens is 1. The Morgan fingerprint density at radius 3 is 2.82 bits per heavy atom. The van der Waals surface area contributed by atoms with Crippen LogP contribution in [0.15, 0.2) is 30.5 Å². The van der Waals surface area contributed by atoms with Gasteiger partial charge < -0.3 is 9.88 Å². The summed E-state index contributed by atoms with van der Waals surface area (Å²) < 4.78 is 0. The molecule has 1 N–H and O–H groups in total. The maximum absolute atomic E-state index is 13.5. The number of carbonyl (C=O) groups excluding carboxylic acids is 1. The Morgan fingerprint density at radius 1 is 1.32 bits per heavy atom. The zero-order chi connectivity index (χ0) is 20.0. The standard InChI is InChI=1S/C24H33N3O/c1-6-16(4)13-27(15(2)3)24(28)18-10-20-19-8-7-9-21-23(19)17(12-25-21)11-22(20)26(5)14-18/h7-10,12,15-16,18,22,25H,6,11,13-14H2,1-5H3. The highest BCUT2D eigenvalue weighted by molar-refractivity contribution is 5.99. The van der Waals surface area contributed by atoms with Gasteiger partial charge in [0, 0.05) is 42.3 Å². The van der Waals surface area contributed by atoms with Crippen LogP contribution in [0.4, 0.5) is 0 Å². The van der Waals surface area contributed by atoms with E-state index in [0.717, 1.165) is 25.9 Å². The predicted octanol–water partition coefficient (Wildman–Crippen LogP) is 4.32. The normalized spacial score (nSPS) is 22.9. The second-order valence-corrected chi connectivity index (χ2v) is 9.03. The van der Waals surface area contributed by atoms with Gasteiger partial charge in [0.25, 0.3) is 0 Å². The van der Waals surface area contributed by atoms with Crippen LogP contribution in [0.3, 0.4) is 0 Å². The Kier molecular flexibility index (Phi) is 5.09. The number of hydrogen-bond acceptors (Lipinski definition) is 2. The molecule has 1 amide bonds. The lowest BCUT2D eigenvalue weighted by Gasteiger charge is -2.41. The van der Waals surface area contributed by atoms with Gasteiger partial charge >= 0.3 is 0 Å². The third-order valence-corrected chi connectivity index (χ3v) is 6.70. The molecule has 0 bridgehead atoms. The lowest BCUT2D eigenvalue weighted by atomic mass is 9.79. The van der Waals surface area contributed by atoms with E-state index in [2.05, 4.69) is 80.0 Å². The Morgan fingerprint density at radius 2 is 2.11 bits per heavy atom. The Labute approximate surface area is 168 Å². The number of amides is 1. The number of carbonyl (C=O) groups is 1. The Balaban J connectivity index is 1.71. The number of nitrogens with one attached hydrogen (secondary N) is 1. The molecule has 4 nitrogen and oxygen atoms in total. The summed E-state index contributed by atoms with van der Waals surface area (Å²) in [7, 11) is 2.17. The van der Waals surface area contributed by atoms with E-state index in [1.807, 2.05) is 0 Å². The van der Waals surface area contributed by atoms with Gasteiger partial charge in [0.05, 0.1) is 5.92 Å². The second-order valence-electron chi connectivity index (χ2n) is 9.03. The molecule has 1 aromatic carbocycles. The van der Waals surface area contributed by atoms with Crippen molar-refractivity contribution in [2.45, 2.75) is 52.6 Å². The Hall–Kier alpha value is -2.07. The van der Waals surface area contributed by atoms with E-state index >= 15 is 0 Å². The molecule has 1 aromatic heterocycles. The summed E-state index contributed by atoms with van der Waals surface area (Å²) in [6, 6.07) is 7.08. The van der Waals surface area contributed by atoms with Crippen molar-refractivity contribution in [1.82, 2.24) is 14.8 Å². The van der Waals surface area contributed by atoms with Gasteiger partial charge in [0.15, 0.2) is 0 Å². The molecular formula is C24H33N3O. The van der Waals surface area contributed by atoms with Gasteiger partial charge in [-0.2, -0.15) is 0 Å². The fraction of sp³-hybridized carbons (Fsp3) is 0.542. The number of aromatic nitrogens is 1. The van der Waals surface area contributed by atoms with E-state index < -0.39 is 0 Å². The maximum atomic E-state index is 13.5. The molecule has 4 heteroatoms. The highest BCUT2D eigenvalue weighted by Gasteiger charge is 2.37. The van der Waals surface area contributed by atoms with Gasteiger partial charge in [-0.25, -0.2) is 0 Å². The molecule has 28 heavy (non-hydrogen) atoms. The van der Waals surface area contributed by atoms with Crippen molar-refractivity contribution in [3.63, 3.8) is 0 Å². The molecule has 0 saturated carbocycles. The molecule has 2 heterocycles. The summed E-state index contributed by atoms with van der Waals surface area (Å²) >= 11 is 0. The summed E-state index contributed by atoms with van der Waals surface area (Å²) in [4.78, 5) is 21.4. The zero-order valence-corrected chi connectivity index (χ0v) is 17.8. The van der Waals surface area contributed by atoms with Gasteiger partial charge in [-0.05, 0) is 56.0 Å². The predicted molar refractivity (Wildman–Crippen MR) is 116 cm³/mol. The van der Waals surface area contributed by atoms with Gasteiger partial charge in [0.2, 0.25) is 5.91 Å². The van der Waals surface area contributed by atoms with Gasteiger partial charge in [0.1, 0.15) is 0 Å². The van der Waals surface area contributed by atoms with Crippen LogP contribution in [-0.2, 0) is 11.2 Å². The van der Waals surface area contributed by atoms with Crippen molar-refractivity contribution in [3.8, 4) is 0 Å². The van der Waals surface area contributed by atoms with Gasteiger partial charge in [-0.1, -0.05) is 38.5 Å². The van der Waals surface area contributed by atoms with E-state index in [1.54, 1.807) is 0 Å². The van der Waals surface area contributed by atoms with Crippen molar-refractivity contribution < 1.29 is 4.79 Å². The third kappa shape index (κ3) is 3.18. The minimum Gasteiger partial charge on any atom is -0.361 e. The highest BCUT2D eigenvalue weighted by atomic mass is 16.2. The van der Waals surface area contributed by atoms with Crippen LogP contribution in [0.5, 0.6) is 0 Å². The molecule has 0 spiro atoms. The number of benzene rings is 1. The second kappa shape index (κ2) is 7.40. The van der Waals surface area contributed by atoms with Crippen LogP contribution in [0, 0.1) is 11.8 Å². The first kappa shape index (κ1) is 19.3. The van der Waals surface area contributed by atoms with Crippen LogP contribution >= 0.6 is 0 Å². The van der Waals surface area contributed by atoms with Gasteiger partial charge in [-0.3, -0.25) is 9.69 Å². The number of aromatic amines is 1. The summed E-state index contributed by atoms with van der Waals surface area (Å²) in [5.74, 6) is 0.734. The number of hydrogen-bond donors (Lipinski definition) is 1. The molecular weight excluding hydrogens is 346 g/mol. The first-order valence-electron chi connectivity index (χ1n) is 10.7. The molecule has 150 valence electrons. The molecule has 0 fully saturated rings. The van der Waals surface area contributed by atoms with E-state index in [9.17, 15) is 4.79 Å². The van der Waals surface area contributed by atoms with E-state index in [4.69, 9.17) is 0 Å². The summed E-state index contributed by atoms with van der Waals surface area (Å²) in [5.41, 5.74) is 5.22. The summed E-state index contributed by atoms with van der Waals surface area (Å²) in [6.45, 7) is 10.3. The molecule has 2 aliphatic rings. The van der Waals surface area contributed by atoms with Crippen molar-refractivity contribution in [3.05, 3.63) is 41.6 Å². The Bertz CT molecular complexity index is 910. The topological polar surface area (TPSA) is 39.3 Å². The van der Waals surface area contributed by atoms with Gasteiger partial charge in [-0.15, -0.1) is 0 Å². The smallest absolute Gasteiger partial charge is 0.231 e. The molecule has 4 rings (SSSR count). The van der Waals surface area contributed by atoms with E-state index in [1.165, 1.54) is 27.6 Å². The molecule has 2 aromatic rings. The van der Waals surface area contributed by atoms with Crippen LogP contribution in [-0.4, -0.2) is 52.9 Å². The summed E-state index contributed by atoms with van der Waals surface area (Å²) in [5, 5.41) is 1.34. The van der Waals surface area contributed by atoms with Crippen LogP contribution < -0.4 is 0 Å². The van der Waals surface area contributed by atoms with E-state index in [-0.39, 0.29) is 17.9 Å². The number of rotatable bonds is 5. The molecule has 3 unspecified atom stereocenters. The minimum atomic E-state index is -0.0709. The third-order valence-electron chi connectivity index (χ3n) is 6.70. The molecule has 3 atom stereocenters. The maximum Gasteiger partial charge on any atom is 0.231 e. The molecule has 1 aliphatic carbocycles. The largest absolute Gasteiger partial charge is 0.361 e. The van der Waals surface area contributed by atoms with Crippen LogP contribution in [0.1, 0.15) is 45.2 Å². The lowest BCUT2D eigenvalue weighted by Crippen LogP contribution is -2.49. The SMILES string of the molecule is CCC(C)CN(C(=O)C1C=C2c3cccc4[nH]cc(c34)CC2N(C)C1)C(C)C. The quantitative estimate of drug-likeness (QED) is 0.840. The van der Waals surface area contributed by atoms with Crippen LogP contribution in [0.2, 0.25) is 0 Å². The average molecular weight is 380 g/mol. The first-order valence-corrected chi connectivity index (χ1v) is 10.7. The van der Waals surface area contributed by atoms with E-state index in [0.29, 0.717) is 12.0 Å². The highest BCUT2D eigenvalue weighted by Crippen LogP contribution is 2.41. The zero-order valence-electron chi connectivity index (χ0n) is 17.8. The lowest BCUT2D eigenvalue weighted by molar-refractivity contribution is -0.137.